The van der Waals surface area contributed by atoms with Crippen molar-refractivity contribution in [1.82, 2.24) is 5.32 Å². The Bertz CT molecular complexity index is 1020. The van der Waals surface area contributed by atoms with Gasteiger partial charge in [0.05, 0.1) is 18.1 Å². The second kappa shape index (κ2) is 9.56. The first-order valence-electron chi connectivity index (χ1n) is 9.38. The van der Waals surface area contributed by atoms with Crippen LogP contribution in [0.4, 0.5) is 5.69 Å². The lowest BCUT2D eigenvalue weighted by Crippen LogP contribution is -2.31. The molecular formula is C23H22N2O5. The molecule has 30 heavy (non-hydrogen) atoms. The molecule has 0 aliphatic rings. The van der Waals surface area contributed by atoms with Crippen molar-refractivity contribution < 1.29 is 19.2 Å². The Morgan fingerprint density at radius 1 is 1.07 bits per heavy atom. The van der Waals surface area contributed by atoms with Crippen molar-refractivity contribution in [2.45, 2.75) is 13.0 Å². The SMILES string of the molecule is COc1ccc(-c2cc([N+](=O)[O-])ccc2OCC(=O)N[C@@H](C)c2ccccc2)cc1. The van der Waals surface area contributed by atoms with Crippen molar-refractivity contribution in [3.63, 3.8) is 0 Å². The van der Waals surface area contributed by atoms with Gasteiger partial charge in [0.2, 0.25) is 0 Å². The molecule has 0 radical (unpaired) electrons. The molecule has 0 spiro atoms. The first-order chi connectivity index (χ1) is 14.5. The fraction of sp³-hybridized carbons (Fsp3) is 0.174. The first kappa shape index (κ1) is 20.9. The number of rotatable bonds is 8. The van der Waals surface area contributed by atoms with Gasteiger partial charge in [-0.25, -0.2) is 0 Å². The highest BCUT2D eigenvalue weighted by Gasteiger charge is 2.16. The summed E-state index contributed by atoms with van der Waals surface area (Å²) >= 11 is 0. The topological polar surface area (TPSA) is 90.7 Å². The third kappa shape index (κ3) is 5.14. The van der Waals surface area contributed by atoms with Gasteiger partial charge in [-0.1, -0.05) is 42.5 Å². The molecule has 154 valence electrons. The smallest absolute Gasteiger partial charge is 0.270 e. The summed E-state index contributed by atoms with van der Waals surface area (Å²) in [4.78, 5) is 23.1. The second-order valence-corrected chi connectivity index (χ2v) is 6.65. The molecule has 0 saturated carbocycles. The third-order valence-electron chi connectivity index (χ3n) is 4.61. The van der Waals surface area contributed by atoms with Crippen molar-refractivity contribution in [1.29, 1.82) is 0 Å². The molecule has 0 unspecified atom stereocenters. The Hall–Kier alpha value is -3.87. The van der Waals surface area contributed by atoms with Crippen molar-refractivity contribution in [3.05, 3.63) is 88.5 Å². The number of hydrogen-bond acceptors (Lipinski definition) is 5. The largest absolute Gasteiger partial charge is 0.497 e. The maximum Gasteiger partial charge on any atom is 0.270 e. The molecule has 7 heteroatoms. The van der Waals surface area contributed by atoms with Crippen LogP contribution >= 0.6 is 0 Å². The third-order valence-corrected chi connectivity index (χ3v) is 4.61. The fourth-order valence-electron chi connectivity index (χ4n) is 3.01. The highest BCUT2D eigenvalue weighted by atomic mass is 16.6. The first-order valence-corrected chi connectivity index (χ1v) is 9.38. The van der Waals surface area contributed by atoms with Crippen LogP contribution in [0.15, 0.2) is 72.8 Å². The number of benzene rings is 3. The van der Waals surface area contributed by atoms with Gasteiger partial charge in [-0.15, -0.1) is 0 Å². The lowest BCUT2D eigenvalue weighted by atomic mass is 10.0. The Labute approximate surface area is 174 Å². The number of nitro benzene ring substituents is 1. The standard InChI is InChI=1S/C23H22N2O5/c1-16(17-6-4-3-5-7-17)24-23(26)15-30-22-13-10-19(25(27)28)14-21(22)18-8-11-20(29-2)12-9-18/h3-14,16H,15H2,1-2H3,(H,24,26)/t16-/m0/s1. The average molecular weight is 406 g/mol. The highest BCUT2D eigenvalue weighted by Crippen LogP contribution is 2.34. The average Bonchev–Trinajstić information content (AvgIpc) is 2.78. The minimum Gasteiger partial charge on any atom is -0.497 e. The molecule has 0 aliphatic heterocycles. The van der Waals surface area contributed by atoms with Gasteiger partial charge in [0, 0.05) is 17.7 Å². The van der Waals surface area contributed by atoms with Crippen LogP contribution in [0.2, 0.25) is 0 Å². The summed E-state index contributed by atoms with van der Waals surface area (Å²) < 4.78 is 10.9. The normalized spacial score (nSPS) is 11.4. The molecule has 1 amide bonds. The van der Waals surface area contributed by atoms with Crippen LogP contribution in [0.5, 0.6) is 11.5 Å². The number of ether oxygens (including phenoxy) is 2. The van der Waals surface area contributed by atoms with Crippen LogP contribution in [-0.2, 0) is 4.79 Å². The van der Waals surface area contributed by atoms with Gasteiger partial charge in [0.25, 0.3) is 11.6 Å². The summed E-state index contributed by atoms with van der Waals surface area (Å²) in [5, 5.41) is 14.1. The van der Waals surface area contributed by atoms with Gasteiger partial charge in [-0.05, 0) is 36.2 Å². The molecule has 0 aromatic heterocycles. The van der Waals surface area contributed by atoms with E-state index in [9.17, 15) is 14.9 Å². The van der Waals surface area contributed by atoms with E-state index in [1.54, 1.807) is 31.4 Å². The quantitative estimate of drug-likeness (QED) is 0.438. The number of non-ortho nitro benzene ring substituents is 1. The predicted octanol–water partition coefficient (Wildman–Crippen LogP) is 4.53. The lowest BCUT2D eigenvalue weighted by Gasteiger charge is -2.16. The molecule has 1 N–H and O–H groups in total. The van der Waals surface area contributed by atoms with Gasteiger partial charge >= 0.3 is 0 Å². The van der Waals surface area contributed by atoms with Gasteiger partial charge in [-0.3, -0.25) is 14.9 Å². The molecule has 0 aliphatic carbocycles. The van der Waals surface area contributed by atoms with Crippen molar-refractivity contribution in [2.75, 3.05) is 13.7 Å². The maximum absolute atomic E-state index is 12.3. The van der Waals surface area contributed by atoms with E-state index in [0.717, 1.165) is 5.56 Å². The van der Waals surface area contributed by atoms with Crippen LogP contribution in [0.25, 0.3) is 11.1 Å². The molecule has 0 heterocycles. The fourth-order valence-corrected chi connectivity index (χ4v) is 3.01. The number of methoxy groups -OCH3 is 1. The predicted molar refractivity (Wildman–Crippen MR) is 114 cm³/mol. The van der Waals surface area contributed by atoms with Gasteiger partial charge < -0.3 is 14.8 Å². The van der Waals surface area contributed by atoms with Crippen molar-refractivity contribution in [3.8, 4) is 22.6 Å². The molecule has 1 atom stereocenters. The minimum absolute atomic E-state index is 0.0599. The number of nitro groups is 1. The summed E-state index contributed by atoms with van der Waals surface area (Å²) in [5.41, 5.74) is 2.17. The van der Waals surface area contributed by atoms with Gasteiger partial charge in [0.1, 0.15) is 11.5 Å². The monoisotopic (exact) mass is 406 g/mol. The molecule has 3 aromatic rings. The van der Waals surface area contributed by atoms with Crippen LogP contribution in [-0.4, -0.2) is 24.5 Å². The van der Waals surface area contributed by atoms with Crippen molar-refractivity contribution >= 4 is 11.6 Å². The second-order valence-electron chi connectivity index (χ2n) is 6.65. The van der Waals surface area contributed by atoms with E-state index in [2.05, 4.69) is 5.32 Å². The zero-order chi connectivity index (χ0) is 21.5. The van der Waals surface area contributed by atoms with Crippen LogP contribution < -0.4 is 14.8 Å². The Kier molecular flexibility index (Phi) is 6.64. The van der Waals surface area contributed by atoms with Crippen LogP contribution in [0, 0.1) is 10.1 Å². The maximum atomic E-state index is 12.3. The van der Waals surface area contributed by atoms with E-state index in [1.165, 1.54) is 18.2 Å². The number of nitrogens with one attached hydrogen (secondary N) is 1. The van der Waals surface area contributed by atoms with Gasteiger partial charge in [0.15, 0.2) is 6.61 Å². The van der Waals surface area contributed by atoms with Crippen molar-refractivity contribution in [2.24, 2.45) is 0 Å². The molecule has 0 bridgehead atoms. The summed E-state index contributed by atoms with van der Waals surface area (Å²) in [5.74, 6) is 0.764. The lowest BCUT2D eigenvalue weighted by molar-refractivity contribution is -0.384. The number of carbonyl (C=O) groups is 1. The number of amides is 1. The zero-order valence-corrected chi connectivity index (χ0v) is 16.7. The number of hydrogen-bond donors (Lipinski definition) is 1. The molecule has 3 rings (SSSR count). The Morgan fingerprint density at radius 2 is 1.77 bits per heavy atom. The molecule has 0 saturated heterocycles. The molecule has 7 nitrogen and oxygen atoms in total. The summed E-state index contributed by atoms with van der Waals surface area (Å²) in [6, 6.07) is 20.8. The minimum atomic E-state index is -0.467. The van der Waals surface area contributed by atoms with E-state index in [-0.39, 0.29) is 24.2 Å². The van der Waals surface area contributed by atoms with Gasteiger partial charge in [-0.2, -0.15) is 0 Å². The van der Waals surface area contributed by atoms with E-state index in [4.69, 9.17) is 9.47 Å². The van der Waals surface area contributed by atoms with E-state index < -0.39 is 4.92 Å². The Balaban J connectivity index is 1.76. The van der Waals surface area contributed by atoms with Crippen LogP contribution in [0.3, 0.4) is 0 Å². The summed E-state index contributed by atoms with van der Waals surface area (Å²) in [6.07, 6.45) is 0. The summed E-state index contributed by atoms with van der Waals surface area (Å²) in [7, 11) is 1.56. The van der Waals surface area contributed by atoms with E-state index >= 15 is 0 Å². The van der Waals surface area contributed by atoms with Crippen LogP contribution in [0.1, 0.15) is 18.5 Å². The van der Waals surface area contributed by atoms with E-state index in [0.29, 0.717) is 22.6 Å². The molecule has 0 fully saturated rings. The molecule has 3 aromatic carbocycles. The summed E-state index contributed by atoms with van der Waals surface area (Å²) in [6.45, 7) is 1.68. The highest BCUT2D eigenvalue weighted by molar-refractivity contribution is 5.79. The Morgan fingerprint density at radius 3 is 2.40 bits per heavy atom. The zero-order valence-electron chi connectivity index (χ0n) is 16.7. The van der Waals surface area contributed by atoms with E-state index in [1.807, 2.05) is 37.3 Å². The number of nitrogens with zero attached hydrogens (tertiary/aromatic N) is 1. The molecular weight excluding hydrogens is 384 g/mol. The number of carbonyl (C=O) groups excluding carboxylic acids is 1.